The molecule has 1 unspecified atom stereocenters. The Bertz CT molecular complexity index is 435. The molecular formula is C17H25NO2. The van der Waals surface area contributed by atoms with Crippen molar-refractivity contribution >= 4 is 5.97 Å². The van der Waals surface area contributed by atoms with Crippen molar-refractivity contribution in [2.75, 3.05) is 7.11 Å². The number of rotatable bonds is 7. The second-order valence-corrected chi connectivity index (χ2v) is 6.02. The van der Waals surface area contributed by atoms with E-state index in [2.05, 4.69) is 43.4 Å². The van der Waals surface area contributed by atoms with Gasteiger partial charge in [-0.2, -0.15) is 0 Å². The van der Waals surface area contributed by atoms with Crippen molar-refractivity contribution in [2.24, 2.45) is 0 Å². The summed E-state index contributed by atoms with van der Waals surface area (Å²) in [6, 6.07) is 9.50. The lowest BCUT2D eigenvalue weighted by atomic mass is 9.98. The first-order valence-corrected chi connectivity index (χ1v) is 7.50. The van der Waals surface area contributed by atoms with Crippen LogP contribution in [0.1, 0.15) is 50.2 Å². The van der Waals surface area contributed by atoms with Gasteiger partial charge in [0.2, 0.25) is 0 Å². The maximum absolute atomic E-state index is 11.5. The highest BCUT2D eigenvalue weighted by molar-refractivity contribution is 5.70. The number of nitrogens with one attached hydrogen (secondary N) is 1. The first-order chi connectivity index (χ1) is 9.58. The Hall–Kier alpha value is -1.35. The molecule has 0 aliphatic heterocycles. The Kier molecular flexibility index (Phi) is 5.18. The molecule has 0 radical (unpaired) electrons. The number of esters is 1. The highest BCUT2D eigenvalue weighted by Gasteiger charge is 2.26. The molecule has 1 aromatic rings. The van der Waals surface area contributed by atoms with Crippen LogP contribution < -0.4 is 5.32 Å². The first kappa shape index (κ1) is 15.0. The molecule has 0 spiro atoms. The van der Waals surface area contributed by atoms with Crippen molar-refractivity contribution in [3.8, 4) is 0 Å². The topological polar surface area (TPSA) is 38.3 Å². The van der Waals surface area contributed by atoms with Crippen LogP contribution in [-0.2, 0) is 16.0 Å². The summed E-state index contributed by atoms with van der Waals surface area (Å²) in [7, 11) is 1.45. The lowest BCUT2D eigenvalue weighted by Gasteiger charge is -2.18. The van der Waals surface area contributed by atoms with Crippen molar-refractivity contribution in [2.45, 2.75) is 57.5 Å². The monoisotopic (exact) mass is 275 g/mol. The number of methoxy groups -OCH3 is 1. The number of carbonyl (C=O) groups is 1. The minimum absolute atomic E-state index is 0.137. The zero-order chi connectivity index (χ0) is 14.5. The molecule has 0 heterocycles. The van der Waals surface area contributed by atoms with Crippen molar-refractivity contribution < 1.29 is 9.53 Å². The minimum Gasteiger partial charge on any atom is -0.469 e. The quantitative estimate of drug-likeness (QED) is 0.777. The number of hydrogen-bond acceptors (Lipinski definition) is 3. The molecule has 1 aliphatic rings. The van der Waals surface area contributed by atoms with Gasteiger partial charge < -0.3 is 10.1 Å². The van der Waals surface area contributed by atoms with Crippen LogP contribution in [0.4, 0.5) is 0 Å². The molecule has 1 aromatic carbocycles. The zero-order valence-electron chi connectivity index (χ0n) is 12.7. The van der Waals surface area contributed by atoms with Crippen LogP contribution in [0.3, 0.4) is 0 Å². The van der Waals surface area contributed by atoms with Crippen LogP contribution in [-0.4, -0.2) is 25.2 Å². The SMILES string of the molecule is COC(=O)CC(Cc1ccc(C(C)C)cc1)NC1CC1. The van der Waals surface area contributed by atoms with Crippen LogP contribution in [0.2, 0.25) is 0 Å². The predicted molar refractivity (Wildman–Crippen MR) is 80.8 cm³/mol. The fraction of sp³-hybridized carbons (Fsp3) is 0.588. The zero-order valence-corrected chi connectivity index (χ0v) is 12.7. The summed E-state index contributed by atoms with van der Waals surface area (Å²) in [5.41, 5.74) is 2.63. The molecule has 1 fully saturated rings. The van der Waals surface area contributed by atoms with Gasteiger partial charge in [-0.05, 0) is 36.3 Å². The van der Waals surface area contributed by atoms with Crippen molar-refractivity contribution in [3.05, 3.63) is 35.4 Å². The number of ether oxygens (including phenoxy) is 1. The number of hydrogen-bond donors (Lipinski definition) is 1. The average molecular weight is 275 g/mol. The summed E-state index contributed by atoms with van der Waals surface area (Å²) < 4.78 is 4.79. The van der Waals surface area contributed by atoms with Gasteiger partial charge in [-0.25, -0.2) is 0 Å². The molecule has 110 valence electrons. The minimum atomic E-state index is -0.137. The molecule has 0 aromatic heterocycles. The van der Waals surface area contributed by atoms with E-state index >= 15 is 0 Å². The number of carbonyl (C=O) groups excluding carboxylic acids is 1. The molecule has 1 N–H and O–H groups in total. The Balaban J connectivity index is 1.96. The highest BCUT2D eigenvalue weighted by atomic mass is 16.5. The van der Waals surface area contributed by atoms with Gasteiger partial charge in [0.15, 0.2) is 0 Å². The highest BCUT2D eigenvalue weighted by Crippen LogP contribution is 2.22. The van der Waals surface area contributed by atoms with E-state index < -0.39 is 0 Å². The Morgan fingerprint density at radius 1 is 1.30 bits per heavy atom. The van der Waals surface area contributed by atoms with Crippen molar-refractivity contribution in [1.82, 2.24) is 5.32 Å². The summed E-state index contributed by atoms with van der Waals surface area (Å²) in [4.78, 5) is 11.5. The normalized spacial score (nSPS) is 16.2. The maximum atomic E-state index is 11.5. The van der Waals surface area contributed by atoms with E-state index in [1.54, 1.807) is 0 Å². The summed E-state index contributed by atoms with van der Waals surface area (Å²) in [6.45, 7) is 4.40. The number of benzene rings is 1. The van der Waals surface area contributed by atoms with Gasteiger partial charge in [0.1, 0.15) is 0 Å². The van der Waals surface area contributed by atoms with Gasteiger partial charge in [0.05, 0.1) is 13.5 Å². The van der Waals surface area contributed by atoms with E-state index in [0.717, 1.165) is 6.42 Å². The van der Waals surface area contributed by atoms with E-state index in [1.165, 1.54) is 31.1 Å². The van der Waals surface area contributed by atoms with Gasteiger partial charge in [-0.15, -0.1) is 0 Å². The summed E-state index contributed by atoms with van der Waals surface area (Å²) in [6.07, 6.45) is 3.77. The maximum Gasteiger partial charge on any atom is 0.307 e. The van der Waals surface area contributed by atoms with E-state index in [9.17, 15) is 4.79 Å². The van der Waals surface area contributed by atoms with E-state index in [4.69, 9.17) is 4.74 Å². The fourth-order valence-corrected chi connectivity index (χ4v) is 2.38. The Morgan fingerprint density at radius 3 is 2.45 bits per heavy atom. The van der Waals surface area contributed by atoms with Crippen molar-refractivity contribution in [3.63, 3.8) is 0 Å². The van der Waals surface area contributed by atoms with Gasteiger partial charge in [-0.3, -0.25) is 4.79 Å². The van der Waals surface area contributed by atoms with Crippen LogP contribution in [0.15, 0.2) is 24.3 Å². The van der Waals surface area contributed by atoms with Gasteiger partial charge >= 0.3 is 5.97 Å². The van der Waals surface area contributed by atoms with Gasteiger partial charge in [-0.1, -0.05) is 38.1 Å². The largest absolute Gasteiger partial charge is 0.469 e. The summed E-state index contributed by atoms with van der Waals surface area (Å²) in [5, 5.41) is 3.54. The molecule has 1 aliphatic carbocycles. The lowest BCUT2D eigenvalue weighted by molar-refractivity contribution is -0.141. The summed E-state index contributed by atoms with van der Waals surface area (Å²) >= 11 is 0. The van der Waals surface area contributed by atoms with Crippen molar-refractivity contribution in [1.29, 1.82) is 0 Å². The average Bonchev–Trinajstić information content (AvgIpc) is 3.23. The molecule has 3 heteroatoms. The standard InChI is InChI=1S/C17H25NO2/c1-12(2)14-6-4-13(5-7-14)10-16(11-17(19)20-3)18-15-8-9-15/h4-7,12,15-16,18H,8-11H2,1-3H3. The van der Waals surface area contributed by atoms with Gasteiger partial charge in [0, 0.05) is 12.1 Å². The fourth-order valence-electron chi connectivity index (χ4n) is 2.38. The second-order valence-electron chi connectivity index (χ2n) is 6.02. The van der Waals surface area contributed by atoms with Crippen LogP contribution in [0.5, 0.6) is 0 Å². The van der Waals surface area contributed by atoms with Gasteiger partial charge in [0.25, 0.3) is 0 Å². The molecule has 0 bridgehead atoms. The molecule has 1 atom stereocenters. The Labute approximate surface area is 121 Å². The second kappa shape index (κ2) is 6.89. The summed E-state index contributed by atoms with van der Waals surface area (Å²) in [5.74, 6) is 0.418. The molecule has 3 nitrogen and oxygen atoms in total. The third kappa shape index (κ3) is 4.64. The third-order valence-corrected chi connectivity index (χ3v) is 3.82. The van der Waals surface area contributed by atoms with E-state index in [-0.39, 0.29) is 12.0 Å². The van der Waals surface area contributed by atoms with E-state index in [1.807, 2.05) is 0 Å². The smallest absolute Gasteiger partial charge is 0.307 e. The molecule has 0 saturated heterocycles. The molecule has 0 amide bonds. The lowest BCUT2D eigenvalue weighted by Crippen LogP contribution is -2.35. The molecule has 2 rings (SSSR count). The molecule has 20 heavy (non-hydrogen) atoms. The van der Waals surface area contributed by atoms with Crippen LogP contribution in [0, 0.1) is 0 Å². The van der Waals surface area contributed by atoms with Crippen LogP contribution >= 0.6 is 0 Å². The first-order valence-electron chi connectivity index (χ1n) is 7.50. The predicted octanol–water partition coefficient (Wildman–Crippen LogP) is 3.04. The molecular weight excluding hydrogens is 250 g/mol. The Morgan fingerprint density at radius 2 is 1.95 bits per heavy atom. The van der Waals surface area contributed by atoms with Crippen LogP contribution in [0.25, 0.3) is 0 Å². The van der Waals surface area contributed by atoms with E-state index in [0.29, 0.717) is 18.4 Å². The molecule has 1 saturated carbocycles. The third-order valence-electron chi connectivity index (χ3n) is 3.82.